The van der Waals surface area contributed by atoms with E-state index in [0.717, 1.165) is 23.2 Å². The molecule has 2 heteroatoms. The van der Waals surface area contributed by atoms with E-state index in [2.05, 4.69) is 41.3 Å². The van der Waals surface area contributed by atoms with Crippen molar-refractivity contribution >= 4 is 11.8 Å². The van der Waals surface area contributed by atoms with Gasteiger partial charge in [-0.1, -0.05) is 60.7 Å². The molecule has 106 valence electrons. The van der Waals surface area contributed by atoms with E-state index in [1.165, 1.54) is 0 Å². The van der Waals surface area contributed by atoms with E-state index < -0.39 is 0 Å². The van der Waals surface area contributed by atoms with Crippen molar-refractivity contribution < 1.29 is 0 Å². The predicted molar refractivity (Wildman–Crippen MR) is 89.2 cm³/mol. The fraction of sp³-hybridized carbons (Fsp3) is 0.211. The highest BCUT2D eigenvalue weighted by atomic mass is 15.1. The van der Waals surface area contributed by atoms with E-state index in [-0.39, 0.29) is 5.92 Å². The lowest BCUT2D eigenvalue weighted by atomic mass is 9.94. The number of hydrogen-bond donors (Lipinski definition) is 0. The van der Waals surface area contributed by atoms with Crippen LogP contribution in [0.1, 0.15) is 23.5 Å². The summed E-state index contributed by atoms with van der Waals surface area (Å²) < 4.78 is 0. The molecule has 0 aliphatic rings. The van der Waals surface area contributed by atoms with Crippen molar-refractivity contribution in [3.63, 3.8) is 0 Å². The van der Waals surface area contributed by atoms with Gasteiger partial charge in [0, 0.05) is 19.8 Å². The maximum Gasteiger partial charge on any atom is 0.0767 e. The Hall–Kier alpha value is -2.53. The van der Waals surface area contributed by atoms with Gasteiger partial charge >= 0.3 is 0 Å². The number of nitriles is 1. The van der Waals surface area contributed by atoms with Gasteiger partial charge in [0.25, 0.3) is 0 Å². The molecule has 2 aromatic carbocycles. The molecule has 0 aromatic heterocycles. The van der Waals surface area contributed by atoms with Gasteiger partial charge in [0.05, 0.1) is 12.0 Å². The Bertz CT molecular complexity index is 636. The highest BCUT2D eigenvalue weighted by Crippen LogP contribution is 2.28. The first-order valence-electron chi connectivity index (χ1n) is 7.10. The second-order valence-corrected chi connectivity index (χ2v) is 5.18. The molecule has 0 saturated heterocycles. The molecule has 1 atom stereocenters. The maximum atomic E-state index is 9.48. The van der Waals surface area contributed by atoms with Crippen LogP contribution >= 0.6 is 0 Å². The molecule has 0 spiro atoms. The summed E-state index contributed by atoms with van der Waals surface area (Å²) in [7, 11) is 4.01. The molecule has 0 aliphatic carbocycles. The minimum absolute atomic E-state index is 0.122. The zero-order chi connectivity index (χ0) is 15.1. The SMILES string of the molecule is CN(C)c1ccccc1C(C#N)C/C=C/c1ccccc1. The van der Waals surface area contributed by atoms with Crippen LogP contribution in [-0.2, 0) is 0 Å². The molecular weight excluding hydrogens is 256 g/mol. The standard InChI is InChI=1S/C19H20N2/c1-21(2)19-14-7-6-13-18(19)17(15-20)12-8-11-16-9-4-3-5-10-16/h3-11,13-14,17H,12H2,1-2H3/b11-8+. The van der Waals surface area contributed by atoms with Crippen LogP contribution in [0.2, 0.25) is 0 Å². The van der Waals surface area contributed by atoms with Crippen molar-refractivity contribution in [3.05, 3.63) is 71.8 Å². The first-order chi connectivity index (χ1) is 10.2. The third-order valence-corrected chi connectivity index (χ3v) is 3.43. The number of allylic oxidation sites excluding steroid dienone is 1. The second-order valence-electron chi connectivity index (χ2n) is 5.18. The van der Waals surface area contributed by atoms with Gasteiger partial charge in [-0.25, -0.2) is 0 Å². The zero-order valence-electron chi connectivity index (χ0n) is 12.5. The van der Waals surface area contributed by atoms with Crippen molar-refractivity contribution in [1.82, 2.24) is 0 Å². The molecule has 0 saturated carbocycles. The zero-order valence-corrected chi connectivity index (χ0v) is 12.5. The minimum atomic E-state index is -0.122. The molecule has 21 heavy (non-hydrogen) atoms. The van der Waals surface area contributed by atoms with Gasteiger partial charge in [0.1, 0.15) is 0 Å². The van der Waals surface area contributed by atoms with Crippen LogP contribution < -0.4 is 4.90 Å². The first-order valence-corrected chi connectivity index (χ1v) is 7.10. The summed E-state index contributed by atoms with van der Waals surface area (Å²) >= 11 is 0. The number of benzene rings is 2. The van der Waals surface area contributed by atoms with E-state index in [4.69, 9.17) is 0 Å². The van der Waals surface area contributed by atoms with Crippen LogP contribution in [0.25, 0.3) is 6.08 Å². The van der Waals surface area contributed by atoms with Gasteiger partial charge in [0.15, 0.2) is 0 Å². The van der Waals surface area contributed by atoms with Gasteiger partial charge in [-0.15, -0.1) is 0 Å². The van der Waals surface area contributed by atoms with Crippen LogP contribution in [0.4, 0.5) is 5.69 Å². The molecule has 2 nitrogen and oxygen atoms in total. The molecule has 2 aromatic rings. The topological polar surface area (TPSA) is 27.0 Å². The fourth-order valence-electron chi connectivity index (χ4n) is 2.34. The molecular formula is C19H20N2. The summed E-state index contributed by atoms with van der Waals surface area (Å²) in [5, 5.41) is 9.48. The van der Waals surface area contributed by atoms with E-state index >= 15 is 0 Å². The molecule has 0 heterocycles. The lowest BCUT2D eigenvalue weighted by Crippen LogP contribution is -2.12. The summed E-state index contributed by atoms with van der Waals surface area (Å²) in [6.45, 7) is 0. The molecule has 0 fully saturated rings. The largest absolute Gasteiger partial charge is 0.377 e. The summed E-state index contributed by atoms with van der Waals surface area (Å²) in [6.07, 6.45) is 4.87. The van der Waals surface area contributed by atoms with Crippen LogP contribution in [0.15, 0.2) is 60.7 Å². The number of rotatable bonds is 5. The number of nitrogens with zero attached hydrogens (tertiary/aromatic N) is 2. The van der Waals surface area contributed by atoms with Crippen molar-refractivity contribution in [3.8, 4) is 6.07 Å². The van der Waals surface area contributed by atoms with E-state index in [1.807, 2.05) is 50.5 Å². The lowest BCUT2D eigenvalue weighted by molar-refractivity contribution is 0.872. The van der Waals surface area contributed by atoms with Gasteiger partial charge in [-0.05, 0) is 23.6 Å². The number of hydrogen-bond acceptors (Lipinski definition) is 2. The average molecular weight is 276 g/mol. The van der Waals surface area contributed by atoms with Crippen LogP contribution in [0, 0.1) is 11.3 Å². The molecule has 0 aliphatic heterocycles. The van der Waals surface area contributed by atoms with Gasteiger partial charge in [-0.2, -0.15) is 5.26 Å². The highest BCUT2D eigenvalue weighted by molar-refractivity contribution is 5.56. The minimum Gasteiger partial charge on any atom is -0.377 e. The molecule has 0 N–H and O–H groups in total. The Morgan fingerprint density at radius 1 is 1.05 bits per heavy atom. The lowest BCUT2D eigenvalue weighted by Gasteiger charge is -2.19. The van der Waals surface area contributed by atoms with E-state index in [0.29, 0.717) is 0 Å². The average Bonchev–Trinajstić information content (AvgIpc) is 2.52. The smallest absolute Gasteiger partial charge is 0.0767 e. The summed E-state index contributed by atoms with van der Waals surface area (Å²) in [6, 6.07) is 20.7. The quantitative estimate of drug-likeness (QED) is 0.806. The van der Waals surface area contributed by atoms with Crippen LogP contribution in [-0.4, -0.2) is 14.1 Å². The van der Waals surface area contributed by atoms with Crippen molar-refractivity contribution in [2.45, 2.75) is 12.3 Å². The highest BCUT2D eigenvalue weighted by Gasteiger charge is 2.14. The Morgan fingerprint density at radius 3 is 2.38 bits per heavy atom. The van der Waals surface area contributed by atoms with Gasteiger partial charge in [-0.3, -0.25) is 0 Å². The van der Waals surface area contributed by atoms with Gasteiger partial charge < -0.3 is 4.90 Å². The van der Waals surface area contributed by atoms with Crippen LogP contribution in [0.5, 0.6) is 0 Å². The van der Waals surface area contributed by atoms with E-state index in [1.54, 1.807) is 0 Å². The van der Waals surface area contributed by atoms with E-state index in [9.17, 15) is 5.26 Å². The Labute approximate surface area is 127 Å². The summed E-state index contributed by atoms with van der Waals surface area (Å²) in [5.74, 6) is -0.122. The number of para-hydroxylation sites is 1. The molecule has 0 radical (unpaired) electrons. The summed E-state index contributed by atoms with van der Waals surface area (Å²) in [5.41, 5.74) is 3.36. The predicted octanol–water partition coefficient (Wildman–Crippen LogP) is 4.46. The molecule has 0 bridgehead atoms. The Balaban J connectivity index is 2.15. The van der Waals surface area contributed by atoms with Gasteiger partial charge in [0.2, 0.25) is 0 Å². The number of anilines is 1. The second kappa shape index (κ2) is 7.31. The van der Waals surface area contributed by atoms with Crippen molar-refractivity contribution in [2.24, 2.45) is 0 Å². The monoisotopic (exact) mass is 276 g/mol. The molecule has 1 unspecified atom stereocenters. The normalized spacial score (nSPS) is 12.0. The first kappa shape index (κ1) is 14.9. The Morgan fingerprint density at radius 2 is 1.71 bits per heavy atom. The third kappa shape index (κ3) is 3.97. The third-order valence-electron chi connectivity index (χ3n) is 3.43. The Kier molecular flexibility index (Phi) is 5.17. The van der Waals surface area contributed by atoms with Crippen LogP contribution in [0.3, 0.4) is 0 Å². The summed E-state index contributed by atoms with van der Waals surface area (Å²) in [4.78, 5) is 2.06. The molecule has 0 amide bonds. The van der Waals surface area contributed by atoms with Crippen molar-refractivity contribution in [2.75, 3.05) is 19.0 Å². The van der Waals surface area contributed by atoms with Crippen molar-refractivity contribution in [1.29, 1.82) is 5.26 Å². The fourth-order valence-corrected chi connectivity index (χ4v) is 2.34. The maximum absolute atomic E-state index is 9.48. The molecule has 2 rings (SSSR count).